The summed E-state index contributed by atoms with van der Waals surface area (Å²) in [7, 11) is 0. The van der Waals surface area contributed by atoms with Gasteiger partial charge in [0.2, 0.25) is 0 Å². The fourth-order valence-electron chi connectivity index (χ4n) is 1.59. The number of halogens is 1. The Labute approximate surface area is 123 Å². The van der Waals surface area contributed by atoms with Crippen LogP contribution in [-0.2, 0) is 0 Å². The second-order valence-corrected chi connectivity index (χ2v) is 4.08. The molecule has 0 spiro atoms. The molecular formula is C16H17ClO. The monoisotopic (exact) mass is 267 g/mol. The number of benzene rings is 2. The minimum Gasteiger partial charge on any atom is -0.485 e. The SMILES string of the molecule is [2H]c1c([2H])c([2H])c(C([2H])([2H])[2H])c(O[C@H](CCCl)c2ccccc2)c1[2H]. The molecule has 94 valence electrons. The molecule has 1 nitrogen and oxygen atoms in total. The average Bonchev–Trinajstić information content (AvgIpc) is 2.56. The first-order chi connectivity index (χ1) is 11.7. The van der Waals surface area contributed by atoms with Gasteiger partial charge in [-0.15, -0.1) is 11.6 Å². The Morgan fingerprint density at radius 2 is 2.06 bits per heavy atom. The summed E-state index contributed by atoms with van der Waals surface area (Å²) in [5, 5.41) is 0. The molecule has 2 heteroatoms. The van der Waals surface area contributed by atoms with Crippen LogP contribution >= 0.6 is 11.6 Å². The molecular weight excluding hydrogens is 244 g/mol. The Morgan fingerprint density at radius 1 is 1.28 bits per heavy atom. The van der Waals surface area contributed by atoms with Gasteiger partial charge in [-0.3, -0.25) is 0 Å². The average molecular weight is 268 g/mol. The Hall–Kier alpha value is -1.47. The lowest BCUT2D eigenvalue weighted by Crippen LogP contribution is -2.09. The number of alkyl halides is 1. The van der Waals surface area contributed by atoms with E-state index in [9.17, 15) is 0 Å². The van der Waals surface area contributed by atoms with Gasteiger partial charge in [-0.05, 0) is 24.0 Å². The third-order valence-electron chi connectivity index (χ3n) is 2.46. The van der Waals surface area contributed by atoms with Crippen LogP contribution in [0.3, 0.4) is 0 Å². The molecule has 0 aliphatic rings. The van der Waals surface area contributed by atoms with E-state index in [-0.39, 0.29) is 11.6 Å². The molecule has 2 aromatic carbocycles. The molecule has 2 rings (SSSR count). The molecule has 0 bridgehead atoms. The van der Waals surface area contributed by atoms with Crippen molar-refractivity contribution in [1.29, 1.82) is 0 Å². The second kappa shape index (κ2) is 6.46. The first-order valence-corrected chi connectivity index (χ1v) is 6.10. The van der Waals surface area contributed by atoms with Gasteiger partial charge in [-0.25, -0.2) is 0 Å². The van der Waals surface area contributed by atoms with Crippen LogP contribution in [0, 0.1) is 6.85 Å². The maximum Gasteiger partial charge on any atom is 0.125 e. The highest BCUT2D eigenvalue weighted by Crippen LogP contribution is 2.27. The number of para-hydroxylation sites is 1. The Bertz CT molecular complexity index is 747. The van der Waals surface area contributed by atoms with Gasteiger partial charge in [0, 0.05) is 16.4 Å². The highest BCUT2D eigenvalue weighted by atomic mass is 35.5. The molecule has 18 heavy (non-hydrogen) atoms. The first kappa shape index (κ1) is 6.63. The number of ether oxygens (including phenoxy) is 1. The van der Waals surface area contributed by atoms with Gasteiger partial charge >= 0.3 is 0 Å². The third kappa shape index (κ3) is 3.27. The molecule has 0 fully saturated rings. The second-order valence-electron chi connectivity index (χ2n) is 3.70. The van der Waals surface area contributed by atoms with Gasteiger partial charge in [0.1, 0.15) is 11.9 Å². The van der Waals surface area contributed by atoms with Crippen LogP contribution in [0.1, 0.15) is 33.2 Å². The molecule has 0 amide bonds. The van der Waals surface area contributed by atoms with Gasteiger partial charge in [-0.2, -0.15) is 0 Å². The van der Waals surface area contributed by atoms with Crippen molar-refractivity contribution in [2.75, 3.05) is 5.88 Å². The molecule has 0 heterocycles. The predicted octanol–water partition coefficient (Wildman–Crippen LogP) is 4.74. The first-order valence-electron chi connectivity index (χ1n) is 9.06. The summed E-state index contributed by atoms with van der Waals surface area (Å²) < 4.78 is 60.2. The standard InChI is InChI=1S/C16H17ClO/c1-13-7-5-6-10-15(13)18-16(11-12-17)14-8-3-2-4-9-14/h2-10,16H,11-12H2,1H3/t16-/m1/s1/i1D3,5D,6D,7D,10D. The van der Waals surface area contributed by atoms with E-state index in [1.165, 1.54) is 0 Å². The molecule has 0 radical (unpaired) electrons. The maximum atomic E-state index is 8.04. The molecule has 1 atom stereocenters. The predicted molar refractivity (Wildman–Crippen MR) is 76.3 cm³/mol. The fraction of sp³-hybridized carbons (Fsp3) is 0.250. The summed E-state index contributed by atoms with van der Waals surface area (Å²) in [5.41, 5.74) is 0.223. The normalized spacial score (nSPS) is 18.4. The zero-order valence-corrected chi connectivity index (χ0v) is 10.4. The molecule has 0 saturated carbocycles. The lowest BCUT2D eigenvalue weighted by atomic mass is 10.1. The molecule has 0 unspecified atom stereocenters. The van der Waals surface area contributed by atoms with Crippen molar-refractivity contribution < 1.29 is 14.3 Å². The van der Waals surface area contributed by atoms with E-state index in [1.54, 1.807) is 24.3 Å². The largest absolute Gasteiger partial charge is 0.485 e. The van der Waals surface area contributed by atoms with E-state index >= 15 is 0 Å². The lowest BCUT2D eigenvalue weighted by molar-refractivity contribution is 0.201. The Morgan fingerprint density at radius 3 is 2.78 bits per heavy atom. The highest BCUT2D eigenvalue weighted by molar-refractivity contribution is 6.17. The summed E-state index contributed by atoms with van der Waals surface area (Å²) in [6.07, 6.45) is -0.270. The van der Waals surface area contributed by atoms with Crippen LogP contribution in [0.5, 0.6) is 5.75 Å². The van der Waals surface area contributed by atoms with Crippen LogP contribution in [-0.4, -0.2) is 5.88 Å². The Kier molecular flexibility index (Phi) is 2.38. The summed E-state index contributed by atoms with van der Waals surface area (Å²) in [4.78, 5) is 0. The van der Waals surface area contributed by atoms with Crippen LogP contribution < -0.4 is 4.74 Å². The number of hydrogen-bond donors (Lipinski definition) is 0. The van der Waals surface area contributed by atoms with Crippen LogP contribution in [0.2, 0.25) is 0 Å². The Balaban J connectivity index is 2.61. The smallest absolute Gasteiger partial charge is 0.125 e. The molecule has 2 aromatic rings. The summed E-state index contributed by atoms with van der Waals surface area (Å²) in [5.74, 6) is -0.112. The minimum absolute atomic E-state index is 0.244. The van der Waals surface area contributed by atoms with Crippen molar-refractivity contribution in [1.82, 2.24) is 0 Å². The van der Waals surface area contributed by atoms with E-state index in [0.717, 1.165) is 5.56 Å². The topological polar surface area (TPSA) is 9.23 Å². The fourth-order valence-corrected chi connectivity index (χ4v) is 1.79. The van der Waals surface area contributed by atoms with Gasteiger partial charge < -0.3 is 4.74 Å². The summed E-state index contributed by atoms with van der Waals surface area (Å²) in [6.45, 7) is -2.74. The third-order valence-corrected chi connectivity index (χ3v) is 2.67. The zero-order chi connectivity index (χ0) is 18.8. The molecule has 0 saturated heterocycles. The minimum atomic E-state index is -2.74. The van der Waals surface area contributed by atoms with E-state index in [1.807, 2.05) is 6.07 Å². The number of hydrogen-bond acceptors (Lipinski definition) is 1. The molecule has 0 aliphatic carbocycles. The van der Waals surface area contributed by atoms with Crippen molar-refractivity contribution in [3.8, 4) is 5.75 Å². The van der Waals surface area contributed by atoms with Crippen molar-refractivity contribution >= 4 is 11.6 Å². The highest BCUT2D eigenvalue weighted by Gasteiger charge is 2.13. The van der Waals surface area contributed by atoms with Gasteiger partial charge in [0.05, 0.1) is 5.48 Å². The van der Waals surface area contributed by atoms with Gasteiger partial charge in [0.25, 0.3) is 0 Å². The molecule has 0 aliphatic heterocycles. The summed E-state index contributed by atoms with van der Waals surface area (Å²) in [6, 6.07) is 6.73. The van der Waals surface area contributed by atoms with Crippen LogP contribution in [0.15, 0.2) is 54.5 Å². The van der Waals surface area contributed by atoms with E-state index < -0.39 is 42.7 Å². The van der Waals surface area contributed by atoms with Crippen LogP contribution in [0.4, 0.5) is 0 Å². The maximum absolute atomic E-state index is 8.04. The lowest BCUT2D eigenvalue weighted by Gasteiger charge is -2.20. The quantitative estimate of drug-likeness (QED) is 0.711. The van der Waals surface area contributed by atoms with Crippen molar-refractivity contribution in [2.45, 2.75) is 19.4 Å². The zero-order valence-electron chi connectivity index (χ0n) is 16.7. The van der Waals surface area contributed by atoms with E-state index in [2.05, 4.69) is 0 Å². The van der Waals surface area contributed by atoms with E-state index in [4.69, 9.17) is 25.9 Å². The molecule has 0 aromatic heterocycles. The van der Waals surface area contributed by atoms with Crippen molar-refractivity contribution in [3.05, 3.63) is 65.6 Å². The molecule has 0 N–H and O–H groups in total. The summed E-state index contributed by atoms with van der Waals surface area (Å²) >= 11 is 5.83. The number of rotatable bonds is 5. The van der Waals surface area contributed by atoms with Crippen molar-refractivity contribution in [3.63, 3.8) is 0 Å². The van der Waals surface area contributed by atoms with Crippen molar-refractivity contribution in [2.24, 2.45) is 0 Å². The van der Waals surface area contributed by atoms with Gasteiger partial charge in [-0.1, -0.05) is 48.5 Å². The van der Waals surface area contributed by atoms with Crippen LogP contribution in [0.25, 0.3) is 0 Å². The van der Waals surface area contributed by atoms with Gasteiger partial charge in [0.15, 0.2) is 0 Å². The van der Waals surface area contributed by atoms with E-state index in [0.29, 0.717) is 6.42 Å².